The molecule has 2 atom stereocenters. The van der Waals surface area contributed by atoms with Gasteiger partial charge in [0.2, 0.25) is 12.2 Å². The van der Waals surface area contributed by atoms with E-state index in [9.17, 15) is 4.79 Å². The van der Waals surface area contributed by atoms with Crippen LogP contribution in [-0.4, -0.2) is 15.7 Å². The summed E-state index contributed by atoms with van der Waals surface area (Å²) in [5, 5.41) is 4.58. The van der Waals surface area contributed by atoms with Crippen LogP contribution in [0.2, 0.25) is 0 Å². The van der Waals surface area contributed by atoms with E-state index < -0.39 is 5.41 Å². The first kappa shape index (κ1) is 23.9. The van der Waals surface area contributed by atoms with Gasteiger partial charge in [0, 0.05) is 5.10 Å². The zero-order chi connectivity index (χ0) is 22.7. The third-order valence-electron chi connectivity index (χ3n) is 7.07. The number of amides is 1. The first-order valence-electron chi connectivity index (χ1n) is 11.6. The van der Waals surface area contributed by atoms with Gasteiger partial charge >= 0.3 is 0 Å². The molecule has 1 heterocycles. The van der Waals surface area contributed by atoms with Crippen molar-refractivity contribution in [1.29, 1.82) is 0 Å². The molecule has 1 aromatic heterocycles. The van der Waals surface area contributed by atoms with Crippen LogP contribution in [0.3, 0.4) is 0 Å². The summed E-state index contributed by atoms with van der Waals surface area (Å²) in [7, 11) is 0. The van der Waals surface area contributed by atoms with Gasteiger partial charge in [0.05, 0.1) is 6.04 Å². The van der Waals surface area contributed by atoms with Gasteiger partial charge in [-0.3, -0.25) is 4.79 Å². The molecular weight excluding hydrogens is 488 g/mol. The number of rotatable bonds is 7. The Bertz CT molecular complexity index is 1170. The maximum absolute atomic E-state index is 13.3. The van der Waals surface area contributed by atoms with Crippen LogP contribution in [0.25, 0.3) is 0 Å². The zero-order valence-corrected chi connectivity index (χ0v) is 20.6. The molecule has 1 amide bonds. The number of hydrogen-bond donors (Lipinski definition) is 1. The van der Waals surface area contributed by atoms with Crippen LogP contribution in [0.1, 0.15) is 42.0 Å². The molecule has 0 spiro atoms. The lowest BCUT2D eigenvalue weighted by atomic mass is 9.64. The minimum absolute atomic E-state index is 0. The van der Waals surface area contributed by atoms with Crippen molar-refractivity contribution >= 4 is 5.91 Å². The van der Waals surface area contributed by atoms with Crippen molar-refractivity contribution in [2.45, 2.75) is 37.3 Å². The molecule has 0 radical (unpaired) electrons. The van der Waals surface area contributed by atoms with Gasteiger partial charge in [-0.1, -0.05) is 91.0 Å². The molecule has 1 saturated carbocycles. The summed E-state index contributed by atoms with van der Waals surface area (Å²) in [6.07, 6.45) is 6.77. The average Bonchev–Trinajstić information content (AvgIpc) is 3.52. The monoisotopic (exact) mass is 516 g/mol. The van der Waals surface area contributed by atoms with Crippen LogP contribution in [0.5, 0.6) is 0 Å². The van der Waals surface area contributed by atoms with Gasteiger partial charge in [0.15, 0.2) is 0 Å². The SMILES string of the molecule is NC(=O)C(c1ccccc1)(c1ccccc1)C1CCC([n+]2cnn(Cc3ccccc3)c2)C1.[Br-]. The number of halogens is 1. The lowest BCUT2D eigenvalue weighted by molar-refractivity contribution is -0.722. The maximum Gasteiger partial charge on any atom is 0.265 e. The topological polar surface area (TPSA) is 64.8 Å². The van der Waals surface area contributed by atoms with Crippen molar-refractivity contribution in [3.8, 4) is 0 Å². The van der Waals surface area contributed by atoms with E-state index in [1.807, 2.05) is 89.9 Å². The molecule has 2 N–H and O–H groups in total. The van der Waals surface area contributed by atoms with Gasteiger partial charge in [-0.15, -0.1) is 4.68 Å². The van der Waals surface area contributed by atoms with E-state index in [4.69, 9.17) is 5.73 Å². The largest absolute Gasteiger partial charge is 1.00 e. The number of primary amides is 1. The van der Waals surface area contributed by atoms with Gasteiger partial charge in [-0.05, 0) is 41.9 Å². The predicted molar refractivity (Wildman–Crippen MR) is 127 cm³/mol. The summed E-state index contributed by atoms with van der Waals surface area (Å²) in [5.41, 5.74) is 8.54. The van der Waals surface area contributed by atoms with Crippen molar-refractivity contribution in [1.82, 2.24) is 9.78 Å². The highest BCUT2D eigenvalue weighted by atomic mass is 79.9. The van der Waals surface area contributed by atoms with E-state index in [1.165, 1.54) is 5.56 Å². The maximum atomic E-state index is 13.3. The highest BCUT2D eigenvalue weighted by Gasteiger charge is 2.50. The molecule has 1 fully saturated rings. The van der Waals surface area contributed by atoms with Gasteiger partial charge in [0.1, 0.15) is 12.0 Å². The molecule has 6 heteroatoms. The van der Waals surface area contributed by atoms with Crippen molar-refractivity contribution in [3.63, 3.8) is 0 Å². The summed E-state index contributed by atoms with van der Waals surface area (Å²) in [6, 6.07) is 30.7. The number of carbonyl (C=O) groups excluding carboxylic acids is 1. The molecule has 0 bridgehead atoms. The van der Waals surface area contributed by atoms with Crippen LogP contribution in [0.4, 0.5) is 0 Å². The van der Waals surface area contributed by atoms with Crippen molar-refractivity contribution in [3.05, 3.63) is 120 Å². The first-order chi connectivity index (χ1) is 16.2. The Labute approximate surface area is 211 Å². The second-order valence-corrected chi connectivity index (χ2v) is 8.94. The summed E-state index contributed by atoms with van der Waals surface area (Å²) in [5.74, 6) is -0.176. The highest BCUT2D eigenvalue weighted by molar-refractivity contribution is 5.91. The molecule has 174 valence electrons. The number of aromatic nitrogens is 3. The molecule has 0 aliphatic heterocycles. The summed E-state index contributed by atoms with van der Waals surface area (Å²) < 4.78 is 4.17. The number of benzene rings is 3. The van der Waals surface area contributed by atoms with Crippen LogP contribution in [-0.2, 0) is 16.8 Å². The highest BCUT2D eigenvalue weighted by Crippen LogP contribution is 2.48. The standard InChI is InChI=1S/C28H28N4O.BrH/c29-27(33)28(23-12-6-2-7-13-23,24-14-8-3-9-15-24)25-16-17-26(18-25)31-20-30-32(21-31)19-22-10-4-1-5-11-22;/h1-15,20-21,25-26H,16-19H2,(H-,29,33);1H. The summed E-state index contributed by atoms with van der Waals surface area (Å²) in [6.45, 7) is 0.739. The molecule has 3 aromatic carbocycles. The third-order valence-corrected chi connectivity index (χ3v) is 7.07. The second kappa shape index (κ2) is 10.3. The van der Waals surface area contributed by atoms with E-state index in [0.29, 0.717) is 0 Å². The minimum atomic E-state index is -0.849. The number of nitrogens with two attached hydrogens (primary N) is 1. The smallest absolute Gasteiger partial charge is 0.265 e. The van der Waals surface area contributed by atoms with Crippen molar-refractivity contribution in [2.24, 2.45) is 11.7 Å². The van der Waals surface area contributed by atoms with Crippen LogP contribution >= 0.6 is 0 Å². The Kier molecular flexibility index (Phi) is 7.27. The van der Waals surface area contributed by atoms with Crippen LogP contribution in [0.15, 0.2) is 104 Å². The quantitative estimate of drug-likeness (QED) is 0.373. The van der Waals surface area contributed by atoms with E-state index >= 15 is 0 Å². The number of nitrogens with zero attached hydrogens (tertiary/aromatic N) is 3. The molecule has 1 aliphatic rings. The first-order valence-corrected chi connectivity index (χ1v) is 11.6. The van der Waals surface area contributed by atoms with Gasteiger partial charge in [0.25, 0.3) is 6.33 Å². The van der Waals surface area contributed by atoms with E-state index in [0.717, 1.165) is 36.9 Å². The van der Waals surface area contributed by atoms with Gasteiger partial charge in [-0.2, -0.15) is 0 Å². The summed E-state index contributed by atoms with van der Waals surface area (Å²) in [4.78, 5) is 13.3. The van der Waals surface area contributed by atoms with Crippen molar-refractivity contribution in [2.75, 3.05) is 0 Å². The summed E-state index contributed by atoms with van der Waals surface area (Å²) >= 11 is 0. The molecule has 1 aliphatic carbocycles. The van der Waals surface area contributed by atoms with Gasteiger partial charge < -0.3 is 22.7 Å². The third kappa shape index (κ3) is 4.42. The Morgan fingerprint density at radius 3 is 2.03 bits per heavy atom. The Hall–Kier alpha value is -3.25. The second-order valence-electron chi connectivity index (χ2n) is 8.94. The molecule has 2 unspecified atom stereocenters. The molecule has 34 heavy (non-hydrogen) atoms. The van der Waals surface area contributed by atoms with Crippen molar-refractivity contribution < 1.29 is 26.3 Å². The fourth-order valence-electron chi connectivity index (χ4n) is 5.53. The zero-order valence-electron chi connectivity index (χ0n) is 19.0. The molecular formula is C28H29BrN4O. The lowest BCUT2D eigenvalue weighted by Gasteiger charge is -2.37. The van der Waals surface area contributed by atoms with E-state index in [2.05, 4.69) is 28.1 Å². The lowest BCUT2D eigenvalue weighted by Crippen LogP contribution is -3.00. The molecule has 0 saturated heterocycles. The fraction of sp³-hybridized carbons (Fsp3) is 0.250. The Morgan fingerprint density at radius 2 is 1.47 bits per heavy atom. The van der Waals surface area contributed by atoms with E-state index in [1.54, 1.807) is 0 Å². The Morgan fingerprint density at radius 1 is 0.912 bits per heavy atom. The average molecular weight is 517 g/mol. The van der Waals surface area contributed by atoms with Crippen LogP contribution < -0.4 is 27.3 Å². The van der Waals surface area contributed by atoms with Gasteiger partial charge in [-0.25, -0.2) is 4.57 Å². The minimum Gasteiger partial charge on any atom is -1.00 e. The predicted octanol–water partition coefficient (Wildman–Crippen LogP) is 1.04. The Balaban J connectivity index is 0.00000274. The molecule has 5 nitrogen and oxygen atoms in total. The number of carbonyl (C=O) groups is 1. The van der Waals surface area contributed by atoms with E-state index in [-0.39, 0.29) is 34.8 Å². The molecule has 5 rings (SSSR count). The number of hydrogen-bond acceptors (Lipinski definition) is 2. The van der Waals surface area contributed by atoms with Crippen LogP contribution in [0, 0.1) is 5.92 Å². The fourth-order valence-corrected chi connectivity index (χ4v) is 5.53. The normalized spacial score (nSPS) is 17.8. The molecule has 4 aromatic rings.